The second-order valence-electron chi connectivity index (χ2n) is 5.52. The van der Waals surface area contributed by atoms with Crippen LogP contribution < -0.4 is 11.1 Å². The molecular formula is C19H25ClN2O. The summed E-state index contributed by atoms with van der Waals surface area (Å²) in [6.07, 6.45) is 2.62. The average Bonchev–Trinajstić information content (AvgIpc) is 2.56. The molecule has 2 aromatic carbocycles. The molecule has 3 nitrogen and oxygen atoms in total. The molecule has 2 aromatic rings. The van der Waals surface area contributed by atoms with E-state index in [9.17, 15) is 4.79 Å². The number of unbranched alkanes of at least 4 members (excludes halogenated alkanes) is 1. The Hall–Kier alpha value is -1.84. The molecule has 1 amide bonds. The Bertz CT molecular complexity index is 584. The summed E-state index contributed by atoms with van der Waals surface area (Å²) in [7, 11) is 0. The lowest BCUT2D eigenvalue weighted by atomic mass is 10.0. The number of amides is 1. The molecule has 0 aromatic heterocycles. The summed E-state index contributed by atoms with van der Waals surface area (Å²) in [6, 6.07) is 18.0. The molecule has 0 aliphatic carbocycles. The summed E-state index contributed by atoms with van der Waals surface area (Å²) in [5.41, 5.74) is 9.41. The molecule has 0 unspecified atom stereocenters. The highest BCUT2D eigenvalue weighted by molar-refractivity contribution is 5.85. The third kappa shape index (κ3) is 6.05. The van der Waals surface area contributed by atoms with Crippen LogP contribution in [-0.4, -0.2) is 18.5 Å². The van der Waals surface area contributed by atoms with E-state index in [1.165, 1.54) is 11.1 Å². The molecule has 1 atom stereocenters. The van der Waals surface area contributed by atoms with Crippen LogP contribution in [0.3, 0.4) is 0 Å². The molecule has 4 heteroatoms. The lowest BCUT2D eigenvalue weighted by Crippen LogP contribution is -2.42. The van der Waals surface area contributed by atoms with E-state index in [0.29, 0.717) is 13.0 Å². The normalized spacial score (nSPS) is 11.4. The molecule has 0 spiro atoms. The smallest absolute Gasteiger partial charge is 0.237 e. The molecular weight excluding hydrogens is 308 g/mol. The molecule has 124 valence electrons. The fourth-order valence-corrected chi connectivity index (χ4v) is 2.33. The fourth-order valence-electron chi connectivity index (χ4n) is 2.33. The average molecular weight is 333 g/mol. The van der Waals surface area contributed by atoms with Crippen molar-refractivity contribution >= 4 is 18.3 Å². The van der Waals surface area contributed by atoms with Gasteiger partial charge in [0.15, 0.2) is 0 Å². The van der Waals surface area contributed by atoms with Crippen LogP contribution in [0, 0.1) is 0 Å². The minimum Gasteiger partial charge on any atom is -0.355 e. The van der Waals surface area contributed by atoms with Crippen molar-refractivity contribution in [1.82, 2.24) is 5.32 Å². The highest BCUT2D eigenvalue weighted by Gasteiger charge is 2.13. The number of nitrogens with one attached hydrogen (secondary N) is 1. The van der Waals surface area contributed by atoms with E-state index in [0.717, 1.165) is 18.4 Å². The highest BCUT2D eigenvalue weighted by Crippen LogP contribution is 2.19. The van der Waals surface area contributed by atoms with Crippen molar-refractivity contribution < 1.29 is 4.79 Å². The minimum absolute atomic E-state index is 0. The van der Waals surface area contributed by atoms with Gasteiger partial charge < -0.3 is 11.1 Å². The predicted octanol–water partition coefficient (Wildman–Crippen LogP) is 3.56. The van der Waals surface area contributed by atoms with E-state index in [4.69, 9.17) is 5.73 Å². The summed E-state index contributed by atoms with van der Waals surface area (Å²) in [4.78, 5) is 11.9. The van der Waals surface area contributed by atoms with E-state index in [2.05, 4.69) is 36.5 Å². The molecule has 23 heavy (non-hydrogen) atoms. The summed E-state index contributed by atoms with van der Waals surface area (Å²) in [6.45, 7) is 2.80. The maximum Gasteiger partial charge on any atom is 0.237 e. The fraction of sp³-hybridized carbons (Fsp3) is 0.316. The van der Waals surface area contributed by atoms with Gasteiger partial charge in [0.2, 0.25) is 5.91 Å². The van der Waals surface area contributed by atoms with E-state index >= 15 is 0 Å². The Labute approximate surface area is 144 Å². The van der Waals surface area contributed by atoms with Crippen LogP contribution in [0.15, 0.2) is 54.6 Å². The Balaban J connectivity index is 0.00000264. The lowest BCUT2D eigenvalue weighted by Gasteiger charge is -2.12. The highest BCUT2D eigenvalue weighted by atomic mass is 35.5. The molecule has 0 aliphatic heterocycles. The van der Waals surface area contributed by atoms with Gasteiger partial charge in [0, 0.05) is 6.54 Å². The van der Waals surface area contributed by atoms with Crippen molar-refractivity contribution in [1.29, 1.82) is 0 Å². The molecule has 0 saturated carbocycles. The van der Waals surface area contributed by atoms with Crippen LogP contribution in [0.5, 0.6) is 0 Å². The van der Waals surface area contributed by atoms with Gasteiger partial charge in [0.25, 0.3) is 0 Å². The number of hydrogen-bond acceptors (Lipinski definition) is 2. The van der Waals surface area contributed by atoms with Gasteiger partial charge in [0.1, 0.15) is 0 Å². The van der Waals surface area contributed by atoms with E-state index < -0.39 is 6.04 Å². The number of carbonyl (C=O) groups excluding carboxylic acids is 1. The summed E-state index contributed by atoms with van der Waals surface area (Å²) >= 11 is 0. The van der Waals surface area contributed by atoms with Crippen molar-refractivity contribution in [3.05, 3.63) is 60.2 Å². The number of rotatable bonds is 7. The maximum atomic E-state index is 11.9. The SMILES string of the molecule is CCCCNC(=O)[C@@H](N)Cc1ccc(-c2ccccc2)cc1.Cl. The first-order valence-electron chi connectivity index (χ1n) is 7.88. The second-order valence-corrected chi connectivity index (χ2v) is 5.52. The van der Waals surface area contributed by atoms with Crippen LogP contribution in [0.25, 0.3) is 11.1 Å². The predicted molar refractivity (Wildman–Crippen MR) is 98.7 cm³/mol. The van der Waals surface area contributed by atoms with Gasteiger partial charge in [-0.1, -0.05) is 67.9 Å². The third-order valence-electron chi connectivity index (χ3n) is 3.68. The van der Waals surface area contributed by atoms with E-state index in [-0.39, 0.29) is 18.3 Å². The van der Waals surface area contributed by atoms with Crippen LogP contribution in [0.2, 0.25) is 0 Å². The number of benzene rings is 2. The van der Waals surface area contributed by atoms with Crippen molar-refractivity contribution in [3.63, 3.8) is 0 Å². The zero-order valence-electron chi connectivity index (χ0n) is 13.5. The Morgan fingerprint density at radius 3 is 2.26 bits per heavy atom. The topological polar surface area (TPSA) is 55.1 Å². The van der Waals surface area contributed by atoms with Crippen LogP contribution in [-0.2, 0) is 11.2 Å². The van der Waals surface area contributed by atoms with Crippen LogP contribution in [0.1, 0.15) is 25.3 Å². The first-order valence-corrected chi connectivity index (χ1v) is 7.88. The van der Waals surface area contributed by atoms with E-state index in [1.54, 1.807) is 0 Å². The van der Waals surface area contributed by atoms with Crippen molar-refractivity contribution in [2.24, 2.45) is 5.73 Å². The van der Waals surface area contributed by atoms with Gasteiger partial charge >= 0.3 is 0 Å². The first-order chi connectivity index (χ1) is 10.7. The molecule has 0 aliphatic rings. The van der Waals surface area contributed by atoms with Gasteiger partial charge in [-0.15, -0.1) is 12.4 Å². The Kier molecular flexibility index (Phi) is 8.38. The Morgan fingerprint density at radius 1 is 1.04 bits per heavy atom. The number of nitrogens with two attached hydrogens (primary N) is 1. The summed E-state index contributed by atoms with van der Waals surface area (Å²) in [5.74, 6) is -0.0689. The third-order valence-corrected chi connectivity index (χ3v) is 3.68. The van der Waals surface area contributed by atoms with Crippen LogP contribution >= 0.6 is 12.4 Å². The molecule has 0 heterocycles. The molecule has 0 fully saturated rings. The zero-order valence-corrected chi connectivity index (χ0v) is 14.3. The molecule has 3 N–H and O–H groups in total. The minimum atomic E-state index is -0.487. The number of halogens is 1. The zero-order chi connectivity index (χ0) is 15.8. The molecule has 0 saturated heterocycles. The Morgan fingerprint density at radius 2 is 1.65 bits per heavy atom. The molecule has 2 rings (SSSR count). The lowest BCUT2D eigenvalue weighted by molar-refractivity contribution is -0.122. The maximum absolute atomic E-state index is 11.9. The van der Waals surface area contributed by atoms with Gasteiger partial charge in [-0.2, -0.15) is 0 Å². The van der Waals surface area contributed by atoms with Crippen molar-refractivity contribution in [2.45, 2.75) is 32.2 Å². The number of hydrogen-bond donors (Lipinski definition) is 2. The monoisotopic (exact) mass is 332 g/mol. The summed E-state index contributed by atoms with van der Waals surface area (Å²) < 4.78 is 0. The van der Waals surface area contributed by atoms with Crippen molar-refractivity contribution in [3.8, 4) is 11.1 Å². The largest absolute Gasteiger partial charge is 0.355 e. The molecule has 0 bridgehead atoms. The van der Waals surface area contributed by atoms with Crippen molar-refractivity contribution in [2.75, 3.05) is 6.54 Å². The standard InChI is InChI=1S/C19H24N2O.ClH/c1-2-3-13-21-19(22)18(20)14-15-9-11-17(12-10-15)16-7-5-4-6-8-16;/h4-12,18H,2-3,13-14,20H2,1H3,(H,21,22);1H/t18-;/m0./s1. The quantitative estimate of drug-likeness (QED) is 0.762. The second kappa shape index (κ2) is 10.0. The first kappa shape index (κ1) is 19.2. The van der Waals surface area contributed by atoms with Gasteiger partial charge in [-0.3, -0.25) is 4.79 Å². The van der Waals surface area contributed by atoms with Crippen LogP contribution in [0.4, 0.5) is 0 Å². The number of carbonyl (C=O) groups is 1. The summed E-state index contributed by atoms with van der Waals surface area (Å²) in [5, 5.41) is 2.88. The van der Waals surface area contributed by atoms with Gasteiger partial charge in [0.05, 0.1) is 6.04 Å². The molecule has 0 radical (unpaired) electrons. The van der Waals surface area contributed by atoms with E-state index in [1.807, 2.05) is 30.3 Å². The van der Waals surface area contributed by atoms with Gasteiger partial charge in [-0.25, -0.2) is 0 Å². The van der Waals surface area contributed by atoms with Gasteiger partial charge in [-0.05, 0) is 29.5 Å².